The van der Waals surface area contributed by atoms with Crippen molar-refractivity contribution in [3.63, 3.8) is 0 Å². The van der Waals surface area contributed by atoms with Gasteiger partial charge in [-0.3, -0.25) is 4.79 Å². The lowest BCUT2D eigenvalue weighted by atomic mass is 10.1. The molecule has 2 fully saturated rings. The molecule has 3 heterocycles. The molecule has 1 amide bonds. The SMILES string of the molecule is Cc1ccc(C(=O)N[C@H]2CO[C@H]3[C@@H]2OC[C@@H]3n2cc(-c3ccccc3)nn2)cc1. The molecule has 5 rings (SSSR count). The first-order valence-electron chi connectivity index (χ1n) is 9.77. The Morgan fingerprint density at radius 2 is 1.79 bits per heavy atom. The summed E-state index contributed by atoms with van der Waals surface area (Å²) in [5.74, 6) is -0.113. The van der Waals surface area contributed by atoms with Crippen LogP contribution < -0.4 is 5.32 Å². The summed E-state index contributed by atoms with van der Waals surface area (Å²) in [4.78, 5) is 12.6. The third-order valence-corrected chi connectivity index (χ3v) is 5.58. The highest BCUT2D eigenvalue weighted by molar-refractivity contribution is 5.94. The Morgan fingerprint density at radius 3 is 2.59 bits per heavy atom. The van der Waals surface area contributed by atoms with Gasteiger partial charge >= 0.3 is 0 Å². The van der Waals surface area contributed by atoms with Gasteiger partial charge in [0, 0.05) is 11.1 Å². The lowest BCUT2D eigenvalue weighted by Gasteiger charge is -2.18. The largest absolute Gasteiger partial charge is 0.371 e. The molecule has 7 heteroatoms. The molecule has 1 N–H and O–H groups in total. The number of carbonyl (C=O) groups is 1. The number of nitrogens with one attached hydrogen (secondary N) is 1. The fourth-order valence-electron chi connectivity index (χ4n) is 3.97. The second-order valence-corrected chi connectivity index (χ2v) is 7.56. The maximum Gasteiger partial charge on any atom is 0.251 e. The molecule has 2 saturated heterocycles. The van der Waals surface area contributed by atoms with Crippen molar-refractivity contribution in [2.45, 2.75) is 31.2 Å². The van der Waals surface area contributed by atoms with Gasteiger partial charge in [0.05, 0.1) is 25.5 Å². The van der Waals surface area contributed by atoms with Crippen LogP contribution in [0, 0.1) is 6.92 Å². The fraction of sp³-hybridized carbons (Fsp3) is 0.318. The van der Waals surface area contributed by atoms with Gasteiger partial charge in [0.15, 0.2) is 0 Å². The Morgan fingerprint density at radius 1 is 1.03 bits per heavy atom. The minimum absolute atomic E-state index is 0.0637. The van der Waals surface area contributed by atoms with Crippen LogP contribution in [-0.2, 0) is 9.47 Å². The zero-order valence-electron chi connectivity index (χ0n) is 16.1. The quantitative estimate of drug-likeness (QED) is 0.740. The van der Waals surface area contributed by atoms with Crippen molar-refractivity contribution in [3.8, 4) is 11.3 Å². The number of carbonyl (C=O) groups excluding carboxylic acids is 1. The molecule has 4 atom stereocenters. The Kier molecular flexibility index (Phi) is 4.61. The maximum atomic E-state index is 12.6. The standard InChI is InChI=1S/C22H22N4O3/c1-14-7-9-16(10-8-14)22(27)23-18-12-28-21-19(13-29-20(18)21)26-11-17(24-25-26)15-5-3-2-4-6-15/h2-11,18-21H,12-13H2,1H3,(H,23,27)/t18-,19-,20+,21+/m0/s1. The third-order valence-electron chi connectivity index (χ3n) is 5.58. The fourth-order valence-corrected chi connectivity index (χ4v) is 3.97. The van der Waals surface area contributed by atoms with Crippen molar-refractivity contribution in [3.05, 3.63) is 71.9 Å². The summed E-state index contributed by atoms with van der Waals surface area (Å²) in [6, 6.07) is 17.2. The van der Waals surface area contributed by atoms with E-state index in [1.165, 1.54) is 0 Å². The zero-order chi connectivity index (χ0) is 19.8. The van der Waals surface area contributed by atoms with Gasteiger partial charge in [0.1, 0.15) is 23.9 Å². The molecule has 2 aliphatic rings. The number of aromatic nitrogens is 3. The molecule has 0 unspecified atom stereocenters. The van der Waals surface area contributed by atoms with E-state index in [-0.39, 0.29) is 30.2 Å². The number of hydrogen-bond donors (Lipinski definition) is 1. The summed E-state index contributed by atoms with van der Waals surface area (Å²) in [6.45, 7) is 2.89. The monoisotopic (exact) mass is 390 g/mol. The number of fused-ring (bicyclic) bond motifs is 1. The summed E-state index contributed by atoms with van der Waals surface area (Å²) in [5, 5.41) is 11.6. The van der Waals surface area contributed by atoms with Gasteiger partial charge in [-0.25, -0.2) is 4.68 Å². The molecule has 0 aliphatic carbocycles. The number of ether oxygens (including phenoxy) is 2. The van der Waals surface area contributed by atoms with Crippen LogP contribution in [0.25, 0.3) is 11.3 Å². The van der Waals surface area contributed by atoms with Crippen LogP contribution >= 0.6 is 0 Å². The molecule has 2 aliphatic heterocycles. The first-order valence-corrected chi connectivity index (χ1v) is 9.77. The Labute approximate surface area is 168 Å². The number of benzene rings is 2. The highest BCUT2D eigenvalue weighted by atomic mass is 16.6. The topological polar surface area (TPSA) is 78.3 Å². The van der Waals surface area contributed by atoms with E-state index >= 15 is 0 Å². The molecular formula is C22H22N4O3. The van der Waals surface area contributed by atoms with Crippen LogP contribution in [0.3, 0.4) is 0 Å². The molecule has 7 nitrogen and oxygen atoms in total. The number of rotatable bonds is 4. The molecule has 3 aromatic rings. The number of hydrogen-bond acceptors (Lipinski definition) is 5. The van der Waals surface area contributed by atoms with Crippen molar-refractivity contribution < 1.29 is 14.3 Å². The van der Waals surface area contributed by atoms with E-state index in [9.17, 15) is 4.79 Å². The van der Waals surface area contributed by atoms with E-state index in [4.69, 9.17) is 9.47 Å². The van der Waals surface area contributed by atoms with Gasteiger partial charge in [0.25, 0.3) is 5.91 Å². The van der Waals surface area contributed by atoms with E-state index in [2.05, 4.69) is 15.6 Å². The van der Waals surface area contributed by atoms with Crippen LogP contribution in [0.2, 0.25) is 0 Å². The number of aryl methyl sites for hydroxylation is 1. The second kappa shape index (κ2) is 7.42. The van der Waals surface area contributed by atoms with Crippen LogP contribution in [0.5, 0.6) is 0 Å². The minimum Gasteiger partial charge on any atom is -0.371 e. The van der Waals surface area contributed by atoms with Crippen molar-refractivity contribution in [1.82, 2.24) is 20.3 Å². The number of amides is 1. The molecule has 1 aromatic heterocycles. The first kappa shape index (κ1) is 18.0. The summed E-state index contributed by atoms with van der Waals surface area (Å²) < 4.78 is 13.8. The smallest absolute Gasteiger partial charge is 0.251 e. The molecule has 29 heavy (non-hydrogen) atoms. The molecule has 0 bridgehead atoms. The highest BCUT2D eigenvalue weighted by Gasteiger charge is 2.49. The van der Waals surface area contributed by atoms with E-state index in [0.29, 0.717) is 18.8 Å². The average Bonchev–Trinajstić information content (AvgIpc) is 3.46. The van der Waals surface area contributed by atoms with Crippen LogP contribution in [0.15, 0.2) is 60.8 Å². The van der Waals surface area contributed by atoms with Gasteiger partial charge in [0.2, 0.25) is 0 Å². The van der Waals surface area contributed by atoms with E-state index < -0.39 is 0 Å². The third kappa shape index (κ3) is 3.43. The second-order valence-electron chi connectivity index (χ2n) is 7.56. The predicted octanol–water partition coefficient (Wildman–Crippen LogP) is 2.39. The minimum atomic E-state index is -0.196. The predicted molar refractivity (Wildman–Crippen MR) is 106 cm³/mol. The van der Waals surface area contributed by atoms with Gasteiger partial charge in [-0.2, -0.15) is 0 Å². The average molecular weight is 390 g/mol. The Balaban J connectivity index is 1.27. The van der Waals surface area contributed by atoms with Crippen molar-refractivity contribution in [2.24, 2.45) is 0 Å². The maximum absolute atomic E-state index is 12.6. The molecule has 148 valence electrons. The van der Waals surface area contributed by atoms with Crippen molar-refractivity contribution in [1.29, 1.82) is 0 Å². The van der Waals surface area contributed by atoms with E-state index in [1.807, 2.05) is 72.4 Å². The molecule has 2 aromatic carbocycles. The van der Waals surface area contributed by atoms with Gasteiger partial charge in [-0.05, 0) is 19.1 Å². The molecule has 0 saturated carbocycles. The van der Waals surface area contributed by atoms with E-state index in [1.54, 1.807) is 0 Å². The summed E-state index contributed by atoms with van der Waals surface area (Å²) in [5.41, 5.74) is 3.59. The lowest BCUT2D eigenvalue weighted by molar-refractivity contribution is 0.0613. The highest BCUT2D eigenvalue weighted by Crippen LogP contribution is 2.34. The van der Waals surface area contributed by atoms with Gasteiger partial charge in [-0.15, -0.1) is 5.10 Å². The van der Waals surface area contributed by atoms with E-state index in [0.717, 1.165) is 16.8 Å². The Bertz CT molecular complexity index is 1000. The van der Waals surface area contributed by atoms with Crippen LogP contribution in [0.4, 0.5) is 0 Å². The van der Waals surface area contributed by atoms with Gasteiger partial charge in [-0.1, -0.05) is 53.2 Å². The van der Waals surface area contributed by atoms with Crippen LogP contribution in [0.1, 0.15) is 22.0 Å². The number of nitrogens with zero attached hydrogens (tertiary/aromatic N) is 3. The molecule has 0 radical (unpaired) electrons. The Hall–Kier alpha value is -3.03. The summed E-state index contributed by atoms with van der Waals surface area (Å²) >= 11 is 0. The summed E-state index contributed by atoms with van der Waals surface area (Å²) in [7, 11) is 0. The van der Waals surface area contributed by atoms with Crippen LogP contribution in [-0.4, -0.2) is 52.4 Å². The zero-order valence-corrected chi connectivity index (χ0v) is 16.1. The normalized spacial score (nSPS) is 25.7. The molecular weight excluding hydrogens is 368 g/mol. The first-order chi connectivity index (χ1) is 14.2. The summed E-state index contributed by atoms with van der Waals surface area (Å²) in [6.07, 6.45) is 1.57. The molecule has 0 spiro atoms. The van der Waals surface area contributed by atoms with Gasteiger partial charge < -0.3 is 14.8 Å². The lowest BCUT2D eigenvalue weighted by Crippen LogP contribution is -2.44. The van der Waals surface area contributed by atoms with Crippen molar-refractivity contribution >= 4 is 5.91 Å². The van der Waals surface area contributed by atoms with Crippen molar-refractivity contribution in [2.75, 3.05) is 13.2 Å².